The summed E-state index contributed by atoms with van der Waals surface area (Å²) in [6.07, 6.45) is 3.86. The second-order valence-electron chi connectivity index (χ2n) is 10.4. The van der Waals surface area contributed by atoms with Gasteiger partial charge in [-0.15, -0.1) is 35.4 Å². The van der Waals surface area contributed by atoms with Crippen molar-refractivity contribution < 1.29 is 30.0 Å². The first-order valence-corrected chi connectivity index (χ1v) is 14.3. The number of hydrogen-bond donors (Lipinski definition) is 1. The molecule has 0 bridgehead atoms. The summed E-state index contributed by atoms with van der Waals surface area (Å²) in [6.45, 7) is 3.90. The summed E-state index contributed by atoms with van der Waals surface area (Å²) in [4.78, 5) is 14.7. The number of hydrogen-bond acceptors (Lipinski definition) is 2. The number of aryl methyl sites for hydroxylation is 1. The van der Waals surface area contributed by atoms with E-state index in [9.17, 15) is 9.90 Å². The average molecular weight is 742 g/mol. The molecule has 0 saturated carbocycles. The van der Waals surface area contributed by atoms with E-state index in [4.69, 9.17) is 0 Å². The molecule has 0 amide bonds. The zero-order chi connectivity index (χ0) is 29.3. The van der Waals surface area contributed by atoms with E-state index in [1.807, 2.05) is 66.9 Å². The molecule has 0 aliphatic carbocycles. The molecule has 3 nitrogen and oxygen atoms in total. The largest absolute Gasteiger partial charge is 0.511 e. The number of ketones is 1. The van der Waals surface area contributed by atoms with E-state index in [0.29, 0.717) is 18.4 Å². The molecular formula is C39H35IrNO2. The summed E-state index contributed by atoms with van der Waals surface area (Å²) in [6, 6.07) is 44.1. The Morgan fingerprint density at radius 1 is 0.721 bits per heavy atom. The van der Waals surface area contributed by atoms with Crippen LogP contribution in [-0.4, -0.2) is 20.7 Å². The molecule has 1 heterocycles. The van der Waals surface area contributed by atoms with Crippen molar-refractivity contribution in [1.82, 2.24) is 4.98 Å². The monoisotopic (exact) mass is 742 g/mol. The van der Waals surface area contributed by atoms with Crippen LogP contribution in [-0.2, 0) is 39.4 Å². The summed E-state index contributed by atoms with van der Waals surface area (Å²) >= 11 is 0. The molecule has 0 fully saturated rings. The number of pyridine rings is 1. The van der Waals surface area contributed by atoms with Crippen LogP contribution in [0.4, 0.5) is 0 Å². The molecule has 4 heteroatoms. The molecule has 43 heavy (non-hydrogen) atoms. The summed E-state index contributed by atoms with van der Waals surface area (Å²) in [7, 11) is 0. The van der Waals surface area contributed by atoms with Crippen LogP contribution < -0.4 is 0 Å². The van der Waals surface area contributed by atoms with Crippen molar-refractivity contribution in [3.05, 3.63) is 162 Å². The second kappa shape index (κ2) is 15.2. The molecule has 0 unspecified atom stereocenters. The number of carbonyl (C=O) groups excluding carboxylic acids is 1. The fraction of sp³-hybridized carbons (Fsp3) is 0.128. The Kier molecular flexibility index (Phi) is 11.2. The standard InChI is InChI=1S/C21H16N.C18H18O2.Ir/c1-2-15-7-9-17(10-8-15)21-13-20-18(14-22-21)12-11-16-5-3-4-6-19(16)20;1-14(17(19)12-15-8-4-2-5-9-15)18(20)13-16-10-6-3-7-11-16;/h3-9,11-14H,2H2,1H3;2-11,19H,12-13H2,1H3;/q-1;;/p+1/b;17-14-;. The number of aromatic nitrogens is 1. The maximum atomic E-state index is 10.1. The number of nitrogens with zero attached hydrogens (tertiary/aromatic N) is 1. The molecule has 0 saturated heterocycles. The van der Waals surface area contributed by atoms with Gasteiger partial charge in [0.1, 0.15) is 5.76 Å². The fourth-order valence-corrected chi connectivity index (χ4v) is 4.89. The van der Waals surface area contributed by atoms with Gasteiger partial charge in [0, 0.05) is 32.7 Å². The Hall–Kier alpha value is -4.37. The molecule has 6 rings (SSSR count). The Morgan fingerprint density at radius 3 is 2.00 bits per heavy atom. The number of allylic oxidation sites excluding steroid dienone is 2. The number of aliphatic hydroxyl groups excluding tert-OH is 1. The van der Waals surface area contributed by atoms with Gasteiger partial charge in [-0.2, -0.15) is 0 Å². The molecule has 1 aromatic heterocycles. The zero-order valence-corrected chi connectivity index (χ0v) is 26.8. The first-order valence-electron chi connectivity index (χ1n) is 14.3. The minimum Gasteiger partial charge on any atom is -0.511 e. The molecule has 0 aliphatic rings. The van der Waals surface area contributed by atoms with Crippen LogP contribution in [0.3, 0.4) is 0 Å². The van der Waals surface area contributed by atoms with E-state index >= 15 is 0 Å². The smallest absolute Gasteiger partial charge is 0.327 e. The molecule has 2 N–H and O–H groups in total. The third-order valence-corrected chi connectivity index (χ3v) is 7.48. The van der Waals surface area contributed by atoms with Crippen molar-refractivity contribution >= 4 is 27.3 Å². The van der Waals surface area contributed by atoms with Gasteiger partial charge in [0.2, 0.25) is 0 Å². The molecule has 6 aromatic rings. The maximum Gasteiger partial charge on any atom is 0.327 e. The van der Waals surface area contributed by atoms with Crippen molar-refractivity contribution in [2.45, 2.75) is 33.1 Å². The summed E-state index contributed by atoms with van der Waals surface area (Å²) in [5, 5.41) is 15.1. The molecular weight excluding hydrogens is 707 g/mol. The van der Waals surface area contributed by atoms with Crippen LogP contribution in [0.5, 0.6) is 0 Å². The summed E-state index contributed by atoms with van der Waals surface area (Å²) in [5.41, 5.74) is 5.93. The minimum atomic E-state index is 0. The van der Waals surface area contributed by atoms with Gasteiger partial charge in [0.05, 0.1) is 12.0 Å². The van der Waals surface area contributed by atoms with Gasteiger partial charge in [-0.25, -0.2) is 0 Å². The van der Waals surface area contributed by atoms with Crippen molar-refractivity contribution in [3.8, 4) is 11.3 Å². The van der Waals surface area contributed by atoms with Gasteiger partial charge < -0.3 is 10.1 Å². The van der Waals surface area contributed by atoms with Crippen LogP contribution in [0, 0.1) is 6.07 Å². The zero-order valence-electron chi connectivity index (χ0n) is 24.4. The molecule has 0 aliphatic heterocycles. The first kappa shape index (κ1) is 31.6. The van der Waals surface area contributed by atoms with Crippen molar-refractivity contribution in [2.24, 2.45) is 0 Å². The van der Waals surface area contributed by atoms with Crippen LogP contribution in [0.2, 0.25) is 0 Å². The minimum absolute atomic E-state index is 0. The van der Waals surface area contributed by atoms with Gasteiger partial charge in [-0.3, -0.25) is 4.79 Å². The van der Waals surface area contributed by atoms with Gasteiger partial charge >= 0.3 is 5.78 Å². The van der Waals surface area contributed by atoms with Crippen LogP contribution in [0.15, 0.2) is 139 Å². The Morgan fingerprint density at radius 2 is 1.35 bits per heavy atom. The normalized spacial score (nSPS) is 11.2. The number of fused-ring (bicyclic) bond motifs is 3. The van der Waals surface area contributed by atoms with Gasteiger partial charge in [0.25, 0.3) is 0 Å². The Balaban J connectivity index is 0.000000194. The van der Waals surface area contributed by atoms with Crippen molar-refractivity contribution in [1.29, 1.82) is 0 Å². The Labute approximate surface area is 267 Å². The topological polar surface area (TPSA) is 54.5 Å². The quantitative estimate of drug-likeness (QED) is 0.0584. The predicted octanol–water partition coefficient (Wildman–Crippen LogP) is 9.26. The fourth-order valence-electron chi connectivity index (χ4n) is 4.89. The molecule has 0 spiro atoms. The van der Waals surface area contributed by atoms with Crippen LogP contribution >= 0.6 is 0 Å². The first-order chi connectivity index (χ1) is 20.5. The van der Waals surface area contributed by atoms with E-state index in [1.54, 1.807) is 6.92 Å². The molecule has 5 aromatic carbocycles. The number of rotatable bonds is 7. The molecule has 0 atom stereocenters. The maximum absolute atomic E-state index is 10.1. The average Bonchev–Trinajstić information content (AvgIpc) is 3.05. The van der Waals surface area contributed by atoms with Gasteiger partial charge in [-0.05, 0) is 45.3 Å². The van der Waals surface area contributed by atoms with Crippen LogP contribution in [0.1, 0.15) is 30.5 Å². The van der Waals surface area contributed by atoms with E-state index in [1.165, 1.54) is 27.1 Å². The van der Waals surface area contributed by atoms with E-state index < -0.39 is 0 Å². The second-order valence-corrected chi connectivity index (χ2v) is 10.4. The van der Waals surface area contributed by atoms with E-state index in [-0.39, 0.29) is 31.6 Å². The Bertz CT molecular complexity index is 1830. The van der Waals surface area contributed by atoms with Gasteiger partial charge in [0.15, 0.2) is 0 Å². The molecule has 217 valence electrons. The van der Waals surface area contributed by atoms with Crippen molar-refractivity contribution in [2.75, 3.05) is 0 Å². The number of aliphatic hydroxyl groups is 1. The predicted molar refractivity (Wildman–Crippen MR) is 175 cm³/mol. The third-order valence-electron chi connectivity index (χ3n) is 7.48. The van der Waals surface area contributed by atoms with Crippen molar-refractivity contribution in [3.63, 3.8) is 0 Å². The SMILES string of the molecule is C/C(C(=[OH+])Cc1ccccc1)=C(/O)Cc1ccccc1.CCc1c[c-]c(-c2cc3c(ccc4ccccc43)cn2)cc1.[Ir]. The number of benzene rings is 5. The van der Waals surface area contributed by atoms with E-state index in [2.05, 4.69) is 78.6 Å². The summed E-state index contributed by atoms with van der Waals surface area (Å²) in [5.74, 6) is 0.425. The third kappa shape index (κ3) is 8.13. The van der Waals surface area contributed by atoms with Gasteiger partial charge in [-0.1, -0.05) is 116 Å². The summed E-state index contributed by atoms with van der Waals surface area (Å²) < 4.78 is 0. The van der Waals surface area contributed by atoms with E-state index in [0.717, 1.165) is 28.8 Å². The molecule has 1 radical (unpaired) electrons. The van der Waals surface area contributed by atoms with Crippen LogP contribution in [0.25, 0.3) is 32.8 Å².